The van der Waals surface area contributed by atoms with Gasteiger partial charge in [-0.15, -0.1) is 0 Å². The monoisotopic (exact) mass is 303 g/mol. The second-order valence-electron chi connectivity index (χ2n) is 5.68. The molecule has 0 spiro atoms. The molecule has 4 heteroatoms. The normalized spacial score (nSPS) is 18.6. The Morgan fingerprint density at radius 3 is 2.41 bits per heavy atom. The summed E-state index contributed by atoms with van der Waals surface area (Å²) in [5.41, 5.74) is 1.90. The largest absolute Gasteiger partial charge is 0.497 e. The summed E-state index contributed by atoms with van der Waals surface area (Å²) in [7, 11) is 1.65. The highest BCUT2D eigenvalue weighted by Crippen LogP contribution is 2.34. The van der Waals surface area contributed by atoms with E-state index in [9.17, 15) is 8.78 Å². The molecule has 1 heterocycles. The van der Waals surface area contributed by atoms with Gasteiger partial charge < -0.3 is 4.74 Å². The third-order valence-corrected chi connectivity index (χ3v) is 4.17. The van der Waals surface area contributed by atoms with Crippen molar-refractivity contribution in [1.82, 2.24) is 4.90 Å². The Morgan fingerprint density at radius 1 is 1.09 bits per heavy atom. The molecule has 1 unspecified atom stereocenters. The summed E-state index contributed by atoms with van der Waals surface area (Å²) in [5.74, 6) is -0.203. The molecule has 2 nitrogen and oxygen atoms in total. The lowest BCUT2D eigenvalue weighted by Gasteiger charge is -2.25. The van der Waals surface area contributed by atoms with Crippen LogP contribution in [0.3, 0.4) is 0 Å². The minimum atomic E-state index is -0.518. The Labute approximate surface area is 129 Å². The summed E-state index contributed by atoms with van der Waals surface area (Å²) >= 11 is 0. The number of halogens is 2. The maximum absolute atomic E-state index is 13.3. The predicted molar refractivity (Wildman–Crippen MR) is 81.7 cm³/mol. The van der Waals surface area contributed by atoms with E-state index >= 15 is 0 Å². The summed E-state index contributed by atoms with van der Waals surface area (Å²) < 4.78 is 31.8. The Morgan fingerprint density at radius 2 is 1.77 bits per heavy atom. The first kappa shape index (κ1) is 15.0. The van der Waals surface area contributed by atoms with Crippen molar-refractivity contribution in [3.8, 4) is 5.75 Å². The first-order valence-electron chi connectivity index (χ1n) is 7.48. The van der Waals surface area contributed by atoms with Gasteiger partial charge in [-0.25, -0.2) is 8.78 Å². The van der Waals surface area contributed by atoms with Crippen LogP contribution >= 0.6 is 0 Å². The molecule has 0 amide bonds. The standard InChI is InChI=1S/C18H19F2NO/c1-22-17-6-4-14(5-7-17)18-3-2-8-21(18)12-13-9-15(19)11-16(20)10-13/h4-7,9-11,18H,2-3,8,12H2,1H3. The van der Waals surface area contributed by atoms with Crippen molar-refractivity contribution in [3.63, 3.8) is 0 Å². The maximum Gasteiger partial charge on any atom is 0.126 e. The molecule has 0 aromatic heterocycles. The van der Waals surface area contributed by atoms with Crippen molar-refractivity contribution in [2.45, 2.75) is 25.4 Å². The summed E-state index contributed by atoms with van der Waals surface area (Å²) in [4.78, 5) is 2.27. The molecular formula is C18H19F2NO. The van der Waals surface area contributed by atoms with Gasteiger partial charge in [-0.1, -0.05) is 12.1 Å². The summed E-state index contributed by atoms with van der Waals surface area (Å²) in [6, 6.07) is 12.0. The SMILES string of the molecule is COc1ccc(C2CCCN2Cc2cc(F)cc(F)c2)cc1. The first-order chi connectivity index (χ1) is 10.7. The van der Waals surface area contributed by atoms with Gasteiger partial charge in [0.25, 0.3) is 0 Å². The Kier molecular flexibility index (Phi) is 4.39. The number of hydrogen-bond acceptors (Lipinski definition) is 2. The van der Waals surface area contributed by atoms with Gasteiger partial charge in [0, 0.05) is 18.7 Å². The predicted octanol–water partition coefficient (Wildman–Crippen LogP) is 4.31. The molecule has 1 fully saturated rings. The molecular weight excluding hydrogens is 284 g/mol. The third-order valence-electron chi connectivity index (χ3n) is 4.17. The average molecular weight is 303 g/mol. The zero-order valence-corrected chi connectivity index (χ0v) is 12.6. The molecule has 0 saturated carbocycles. The van der Waals surface area contributed by atoms with Gasteiger partial charge in [-0.3, -0.25) is 4.90 Å². The fraction of sp³-hybridized carbons (Fsp3) is 0.333. The van der Waals surface area contributed by atoms with Crippen LogP contribution in [0.5, 0.6) is 5.75 Å². The van der Waals surface area contributed by atoms with Crippen LogP contribution in [0.15, 0.2) is 42.5 Å². The summed E-state index contributed by atoms with van der Waals surface area (Å²) in [6.07, 6.45) is 2.15. The Hall–Kier alpha value is -1.94. The number of methoxy groups -OCH3 is 1. The molecule has 116 valence electrons. The number of rotatable bonds is 4. The summed E-state index contributed by atoms with van der Waals surface area (Å²) in [6.45, 7) is 1.50. The number of ether oxygens (including phenoxy) is 1. The lowest BCUT2D eigenvalue weighted by Crippen LogP contribution is -2.22. The van der Waals surface area contributed by atoms with Crippen LogP contribution in [-0.2, 0) is 6.54 Å². The molecule has 1 saturated heterocycles. The summed E-state index contributed by atoms with van der Waals surface area (Å²) in [5, 5.41) is 0. The van der Waals surface area contributed by atoms with Crippen LogP contribution in [0.1, 0.15) is 30.0 Å². The molecule has 1 aliphatic heterocycles. The van der Waals surface area contributed by atoms with Crippen molar-refractivity contribution in [2.24, 2.45) is 0 Å². The fourth-order valence-corrected chi connectivity index (χ4v) is 3.16. The van der Waals surface area contributed by atoms with Gasteiger partial charge in [0.05, 0.1) is 7.11 Å². The van der Waals surface area contributed by atoms with Gasteiger partial charge in [0.15, 0.2) is 0 Å². The Bertz CT molecular complexity index is 622. The van der Waals surface area contributed by atoms with E-state index in [0.717, 1.165) is 31.2 Å². The zero-order chi connectivity index (χ0) is 15.5. The van der Waals surface area contributed by atoms with E-state index in [-0.39, 0.29) is 6.04 Å². The third kappa shape index (κ3) is 3.28. The van der Waals surface area contributed by atoms with E-state index in [1.54, 1.807) is 7.11 Å². The molecule has 3 rings (SSSR count). The van der Waals surface area contributed by atoms with Crippen molar-refractivity contribution >= 4 is 0 Å². The molecule has 1 atom stereocenters. The number of nitrogens with zero attached hydrogens (tertiary/aromatic N) is 1. The van der Waals surface area contributed by atoms with Crippen molar-refractivity contribution in [3.05, 3.63) is 65.2 Å². The molecule has 0 radical (unpaired) electrons. The molecule has 22 heavy (non-hydrogen) atoms. The fourth-order valence-electron chi connectivity index (χ4n) is 3.16. The topological polar surface area (TPSA) is 12.5 Å². The second-order valence-corrected chi connectivity index (χ2v) is 5.68. The van der Waals surface area contributed by atoms with Gasteiger partial charge >= 0.3 is 0 Å². The van der Waals surface area contributed by atoms with E-state index in [2.05, 4.69) is 17.0 Å². The van der Waals surface area contributed by atoms with Crippen LogP contribution in [0.25, 0.3) is 0 Å². The van der Waals surface area contributed by atoms with Crippen LogP contribution in [0.2, 0.25) is 0 Å². The van der Waals surface area contributed by atoms with Crippen molar-refractivity contribution in [1.29, 1.82) is 0 Å². The number of hydrogen-bond donors (Lipinski definition) is 0. The van der Waals surface area contributed by atoms with Crippen molar-refractivity contribution < 1.29 is 13.5 Å². The highest BCUT2D eigenvalue weighted by Gasteiger charge is 2.26. The maximum atomic E-state index is 13.3. The van der Waals surface area contributed by atoms with Crippen LogP contribution in [-0.4, -0.2) is 18.6 Å². The van der Waals surface area contributed by atoms with E-state index in [1.165, 1.54) is 17.7 Å². The Balaban J connectivity index is 1.77. The van der Waals surface area contributed by atoms with E-state index in [4.69, 9.17) is 4.74 Å². The van der Waals surface area contributed by atoms with E-state index in [0.29, 0.717) is 12.1 Å². The van der Waals surface area contributed by atoms with E-state index in [1.807, 2.05) is 12.1 Å². The highest BCUT2D eigenvalue weighted by atomic mass is 19.1. The average Bonchev–Trinajstić information content (AvgIpc) is 2.94. The molecule has 0 bridgehead atoms. The molecule has 0 aliphatic carbocycles. The van der Waals surface area contributed by atoms with Crippen LogP contribution < -0.4 is 4.74 Å². The zero-order valence-electron chi connectivity index (χ0n) is 12.6. The highest BCUT2D eigenvalue weighted by molar-refractivity contribution is 5.30. The lowest BCUT2D eigenvalue weighted by molar-refractivity contribution is 0.247. The molecule has 0 N–H and O–H groups in total. The number of benzene rings is 2. The minimum Gasteiger partial charge on any atom is -0.497 e. The van der Waals surface area contributed by atoms with E-state index < -0.39 is 11.6 Å². The second kappa shape index (κ2) is 6.44. The molecule has 2 aromatic carbocycles. The quantitative estimate of drug-likeness (QED) is 0.834. The first-order valence-corrected chi connectivity index (χ1v) is 7.48. The van der Waals surface area contributed by atoms with Gasteiger partial charge in [-0.05, 0) is 54.8 Å². The van der Waals surface area contributed by atoms with Crippen LogP contribution in [0.4, 0.5) is 8.78 Å². The smallest absolute Gasteiger partial charge is 0.126 e. The minimum absolute atomic E-state index is 0.289. The van der Waals surface area contributed by atoms with Crippen LogP contribution in [0, 0.1) is 11.6 Å². The van der Waals surface area contributed by atoms with Gasteiger partial charge in [0.2, 0.25) is 0 Å². The lowest BCUT2D eigenvalue weighted by atomic mass is 10.0. The molecule has 2 aromatic rings. The van der Waals surface area contributed by atoms with Gasteiger partial charge in [-0.2, -0.15) is 0 Å². The number of likely N-dealkylation sites (tertiary alicyclic amines) is 1. The van der Waals surface area contributed by atoms with Crippen molar-refractivity contribution in [2.75, 3.05) is 13.7 Å². The van der Waals surface area contributed by atoms with Gasteiger partial charge in [0.1, 0.15) is 17.4 Å². The molecule has 1 aliphatic rings.